The van der Waals surface area contributed by atoms with Crippen LogP contribution in [0.2, 0.25) is 0 Å². The van der Waals surface area contributed by atoms with Crippen molar-refractivity contribution in [1.29, 1.82) is 0 Å². The van der Waals surface area contributed by atoms with Crippen molar-refractivity contribution in [2.45, 2.75) is 20.3 Å². The van der Waals surface area contributed by atoms with Crippen LogP contribution in [-0.2, 0) is 0 Å². The third kappa shape index (κ3) is 3.00. The summed E-state index contributed by atoms with van der Waals surface area (Å²) in [6.07, 6.45) is 8.94. The fourth-order valence-electron chi connectivity index (χ4n) is 1.62. The molecule has 0 aliphatic heterocycles. The highest BCUT2D eigenvalue weighted by Gasteiger charge is 2.00. The molecule has 0 unspecified atom stereocenters. The molecule has 0 fully saturated rings. The van der Waals surface area contributed by atoms with Gasteiger partial charge in [0.05, 0.1) is 11.4 Å². The summed E-state index contributed by atoms with van der Waals surface area (Å²) in [6.45, 7) is 4.19. The molecular weight excluding hydrogens is 208 g/mol. The second-order valence-corrected chi connectivity index (χ2v) is 4.00. The van der Waals surface area contributed by atoms with Crippen molar-refractivity contribution in [2.75, 3.05) is 0 Å². The van der Waals surface area contributed by atoms with Crippen LogP contribution in [-0.4, -0.2) is 9.97 Å². The van der Waals surface area contributed by atoms with Crippen molar-refractivity contribution < 1.29 is 0 Å². The van der Waals surface area contributed by atoms with Gasteiger partial charge in [0, 0.05) is 12.4 Å². The van der Waals surface area contributed by atoms with Crippen molar-refractivity contribution in [2.24, 2.45) is 0 Å². The quantitative estimate of drug-likeness (QED) is 0.790. The van der Waals surface area contributed by atoms with Crippen molar-refractivity contribution in [3.05, 3.63) is 53.9 Å². The predicted molar refractivity (Wildman–Crippen MR) is 71.5 cm³/mol. The maximum absolute atomic E-state index is 4.36. The van der Waals surface area contributed by atoms with Gasteiger partial charge < -0.3 is 0 Å². The number of aryl methyl sites for hydroxylation is 1. The molecule has 0 N–H and O–H groups in total. The molecule has 2 aromatic heterocycles. The molecule has 17 heavy (non-hydrogen) atoms. The smallest absolute Gasteiger partial charge is 0.0892 e. The maximum Gasteiger partial charge on any atom is 0.0892 e. The van der Waals surface area contributed by atoms with E-state index in [1.54, 1.807) is 0 Å². The van der Waals surface area contributed by atoms with Crippen molar-refractivity contribution in [1.82, 2.24) is 9.97 Å². The average molecular weight is 224 g/mol. The molecule has 2 aromatic rings. The number of pyridine rings is 2. The minimum absolute atomic E-state index is 0.923. The number of aromatic nitrogens is 2. The van der Waals surface area contributed by atoms with Gasteiger partial charge >= 0.3 is 0 Å². The van der Waals surface area contributed by atoms with E-state index in [2.05, 4.69) is 48.1 Å². The predicted octanol–water partition coefficient (Wildman–Crippen LogP) is 3.88. The lowest BCUT2D eigenvalue weighted by Gasteiger charge is -2.02. The summed E-state index contributed by atoms with van der Waals surface area (Å²) < 4.78 is 0. The molecule has 0 amide bonds. The standard InChI is InChI=1S/C15H16N2/c1-3-4-5-13-7-9-17-15(11-13)14-10-12(2)6-8-16-14/h4-11H,3H2,1-2H3/b5-4+. The SMILES string of the molecule is CC/C=C/c1ccnc(-c2cc(C)ccn2)c1. The van der Waals surface area contributed by atoms with Gasteiger partial charge in [-0.25, -0.2) is 0 Å². The van der Waals surface area contributed by atoms with Gasteiger partial charge in [-0.15, -0.1) is 0 Å². The van der Waals surface area contributed by atoms with Crippen molar-refractivity contribution in [3.63, 3.8) is 0 Å². The van der Waals surface area contributed by atoms with Gasteiger partial charge in [0.15, 0.2) is 0 Å². The Morgan fingerprint density at radius 2 is 1.76 bits per heavy atom. The van der Waals surface area contributed by atoms with E-state index >= 15 is 0 Å². The van der Waals surface area contributed by atoms with E-state index in [0.29, 0.717) is 0 Å². The van der Waals surface area contributed by atoms with Gasteiger partial charge in [-0.05, 0) is 48.7 Å². The van der Waals surface area contributed by atoms with Crippen LogP contribution in [0.15, 0.2) is 42.7 Å². The molecule has 0 saturated carbocycles. The highest BCUT2D eigenvalue weighted by molar-refractivity contribution is 5.60. The van der Waals surface area contributed by atoms with Crippen LogP contribution >= 0.6 is 0 Å². The van der Waals surface area contributed by atoms with Gasteiger partial charge in [0.2, 0.25) is 0 Å². The van der Waals surface area contributed by atoms with E-state index in [-0.39, 0.29) is 0 Å². The summed E-state index contributed by atoms with van der Waals surface area (Å²) >= 11 is 0. The summed E-state index contributed by atoms with van der Waals surface area (Å²) in [5, 5.41) is 0. The van der Waals surface area contributed by atoms with E-state index in [1.165, 1.54) is 11.1 Å². The molecule has 86 valence electrons. The van der Waals surface area contributed by atoms with E-state index < -0.39 is 0 Å². The molecule has 0 aromatic carbocycles. The van der Waals surface area contributed by atoms with Crippen molar-refractivity contribution >= 4 is 6.08 Å². The lowest BCUT2D eigenvalue weighted by Crippen LogP contribution is -1.88. The second kappa shape index (κ2) is 5.39. The Balaban J connectivity index is 2.36. The van der Waals surface area contributed by atoms with Crippen LogP contribution in [0.4, 0.5) is 0 Å². The first-order valence-corrected chi connectivity index (χ1v) is 5.85. The Morgan fingerprint density at radius 3 is 2.47 bits per heavy atom. The second-order valence-electron chi connectivity index (χ2n) is 4.00. The highest BCUT2D eigenvalue weighted by atomic mass is 14.8. The fraction of sp³-hybridized carbons (Fsp3) is 0.200. The molecule has 0 radical (unpaired) electrons. The number of rotatable bonds is 3. The van der Waals surface area contributed by atoms with Crippen LogP contribution in [0, 0.1) is 6.92 Å². The van der Waals surface area contributed by atoms with E-state index in [0.717, 1.165) is 17.8 Å². The molecular formula is C15H16N2. The normalized spacial score (nSPS) is 10.9. The van der Waals surface area contributed by atoms with Crippen LogP contribution in [0.5, 0.6) is 0 Å². The maximum atomic E-state index is 4.36. The number of hydrogen-bond acceptors (Lipinski definition) is 2. The molecule has 2 nitrogen and oxygen atoms in total. The zero-order valence-electron chi connectivity index (χ0n) is 10.2. The molecule has 2 rings (SSSR count). The largest absolute Gasteiger partial charge is 0.255 e. The average Bonchev–Trinajstić information content (AvgIpc) is 2.37. The Labute approximate surface area is 102 Å². The lowest BCUT2D eigenvalue weighted by atomic mass is 10.1. The molecule has 0 bridgehead atoms. The third-order valence-corrected chi connectivity index (χ3v) is 2.51. The van der Waals surface area contributed by atoms with Gasteiger partial charge in [0.1, 0.15) is 0 Å². The van der Waals surface area contributed by atoms with Gasteiger partial charge in [-0.1, -0.05) is 19.1 Å². The first-order valence-electron chi connectivity index (χ1n) is 5.85. The topological polar surface area (TPSA) is 25.8 Å². The summed E-state index contributed by atoms with van der Waals surface area (Å²) in [6, 6.07) is 8.11. The fourth-order valence-corrected chi connectivity index (χ4v) is 1.62. The van der Waals surface area contributed by atoms with E-state index in [9.17, 15) is 0 Å². The van der Waals surface area contributed by atoms with Crippen LogP contribution in [0.3, 0.4) is 0 Å². The van der Waals surface area contributed by atoms with Gasteiger partial charge in [0.25, 0.3) is 0 Å². The van der Waals surface area contributed by atoms with E-state index in [4.69, 9.17) is 0 Å². The zero-order valence-corrected chi connectivity index (χ0v) is 10.2. The number of allylic oxidation sites excluding steroid dienone is 1. The summed E-state index contributed by atoms with van der Waals surface area (Å²) in [4.78, 5) is 8.71. The minimum Gasteiger partial charge on any atom is -0.255 e. The summed E-state index contributed by atoms with van der Waals surface area (Å²) in [5.74, 6) is 0. The number of nitrogens with zero attached hydrogens (tertiary/aromatic N) is 2. The Bertz CT molecular complexity index is 530. The zero-order chi connectivity index (χ0) is 12.1. The van der Waals surface area contributed by atoms with Crippen LogP contribution < -0.4 is 0 Å². The van der Waals surface area contributed by atoms with Gasteiger partial charge in [-0.3, -0.25) is 9.97 Å². The Morgan fingerprint density at radius 1 is 1.06 bits per heavy atom. The van der Waals surface area contributed by atoms with Gasteiger partial charge in [-0.2, -0.15) is 0 Å². The Hall–Kier alpha value is -1.96. The molecule has 0 aliphatic rings. The monoisotopic (exact) mass is 224 g/mol. The van der Waals surface area contributed by atoms with Crippen molar-refractivity contribution in [3.8, 4) is 11.4 Å². The lowest BCUT2D eigenvalue weighted by molar-refractivity contribution is 1.22. The molecule has 0 atom stereocenters. The van der Waals surface area contributed by atoms with E-state index in [1.807, 2.05) is 24.5 Å². The molecule has 0 aliphatic carbocycles. The highest BCUT2D eigenvalue weighted by Crippen LogP contribution is 2.17. The summed E-state index contributed by atoms with van der Waals surface area (Å²) in [7, 11) is 0. The summed E-state index contributed by atoms with van der Waals surface area (Å²) in [5.41, 5.74) is 4.22. The molecule has 2 heterocycles. The first kappa shape index (κ1) is 11.5. The minimum atomic E-state index is 0.923. The Kier molecular flexibility index (Phi) is 3.66. The first-order chi connectivity index (χ1) is 8.29. The van der Waals surface area contributed by atoms with Crippen LogP contribution in [0.1, 0.15) is 24.5 Å². The number of hydrogen-bond donors (Lipinski definition) is 0. The third-order valence-electron chi connectivity index (χ3n) is 2.51. The molecule has 0 saturated heterocycles. The van der Waals surface area contributed by atoms with Crippen LogP contribution in [0.25, 0.3) is 17.5 Å². The molecule has 2 heteroatoms. The molecule has 0 spiro atoms.